The first-order valence-corrected chi connectivity index (χ1v) is 5.94. The minimum absolute atomic E-state index is 0.150. The molecule has 3 N–H and O–H groups in total. The van der Waals surface area contributed by atoms with Gasteiger partial charge >= 0.3 is 12.0 Å². The van der Waals surface area contributed by atoms with E-state index in [0.717, 1.165) is 12.1 Å². The molecule has 2 amide bonds. The first kappa shape index (κ1) is 13.0. The summed E-state index contributed by atoms with van der Waals surface area (Å²) in [7, 11) is 0. The molecule has 0 fully saturated rings. The number of carbonyl (C=O) groups excluding carboxylic acids is 1. The number of nitrogens with one attached hydrogen (secondary N) is 2. The third kappa shape index (κ3) is 3.26. The van der Waals surface area contributed by atoms with Crippen molar-refractivity contribution in [2.24, 2.45) is 0 Å². The van der Waals surface area contributed by atoms with Crippen molar-refractivity contribution in [1.82, 2.24) is 4.98 Å². The Labute approximate surface area is 110 Å². The highest BCUT2D eigenvalue weighted by molar-refractivity contribution is 7.13. The molecular weight excluding hydrogens is 273 g/mol. The highest BCUT2D eigenvalue weighted by atomic mass is 32.1. The molecule has 0 spiro atoms. The predicted octanol–water partition coefficient (Wildman–Crippen LogP) is 2.62. The van der Waals surface area contributed by atoms with Crippen molar-refractivity contribution in [3.05, 3.63) is 41.2 Å². The number of aromatic nitrogens is 1. The first-order chi connectivity index (χ1) is 9.06. The summed E-state index contributed by atoms with van der Waals surface area (Å²) in [6.07, 6.45) is 1.53. The van der Waals surface area contributed by atoms with E-state index in [9.17, 15) is 14.0 Å². The van der Waals surface area contributed by atoms with Gasteiger partial charge in [0.1, 0.15) is 5.82 Å². The fourth-order valence-corrected chi connectivity index (χ4v) is 1.83. The number of anilines is 2. The number of benzene rings is 1. The number of aromatic carboxylic acids is 1. The lowest BCUT2D eigenvalue weighted by Gasteiger charge is -2.06. The number of carbonyl (C=O) groups is 2. The molecule has 0 aliphatic rings. The molecule has 98 valence electrons. The smallest absolute Gasteiger partial charge is 0.338 e. The van der Waals surface area contributed by atoms with Crippen LogP contribution in [0.4, 0.5) is 20.0 Å². The van der Waals surface area contributed by atoms with Crippen molar-refractivity contribution in [3.63, 3.8) is 0 Å². The van der Waals surface area contributed by atoms with Crippen molar-refractivity contribution in [1.29, 1.82) is 0 Å². The summed E-state index contributed by atoms with van der Waals surface area (Å²) in [6, 6.07) is 2.73. The molecule has 2 aromatic rings. The SMILES string of the molecule is O=C(Nc1ccc(C(=O)O)c(F)c1)Nc1nccs1. The van der Waals surface area contributed by atoms with Gasteiger partial charge in [-0.25, -0.2) is 19.0 Å². The van der Waals surface area contributed by atoms with Gasteiger partial charge in [-0.05, 0) is 18.2 Å². The van der Waals surface area contributed by atoms with Gasteiger partial charge in [0.25, 0.3) is 0 Å². The zero-order valence-electron chi connectivity index (χ0n) is 9.38. The molecule has 1 aromatic carbocycles. The minimum Gasteiger partial charge on any atom is -0.478 e. The van der Waals surface area contributed by atoms with Crippen LogP contribution in [0.3, 0.4) is 0 Å². The van der Waals surface area contributed by atoms with E-state index in [-0.39, 0.29) is 5.69 Å². The molecular formula is C11H8FN3O3S. The molecule has 2 rings (SSSR count). The lowest BCUT2D eigenvalue weighted by atomic mass is 10.2. The Balaban J connectivity index is 2.05. The molecule has 1 aromatic heterocycles. The quantitative estimate of drug-likeness (QED) is 0.806. The van der Waals surface area contributed by atoms with Crippen molar-refractivity contribution >= 4 is 34.2 Å². The van der Waals surface area contributed by atoms with Gasteiger partial charge in [0.15, 0.2) is 5.13 Å². The van der Waals surface area contributed by atoms with Gasteiger partial charge in [0.05, 0.1) is 5.56 Å². The van der Waals surface area contributed by atoms with E-state index >= 15 is 0 Å². The third-order valence-corrected chi connectivity index (χ3v) is 2.80. The Kier molecular flexibility index (Phi) is 3.71. The van der Waals surface area contributed by atoms with Crippen LogP contribution in [0.5, 0.6) is 0 Å². The summed E-state index contributed by atoms with van der Waals surface area (Å²) in [4.78, 5) is 26.0. The number of rotatable bonds is 3. The van der Waals surface area contributed by atoms with Gasteiger partial charge in [-0.15, -0.1) is 11.3 Å². The fraction of sp³-hybridized carbons (Fsp3) is 0. The molecule has 19 heavy (non-hydrogen) atoms. The Morgan fingerprint density at radius 3 is 2.68 bits per heavy atom. The van der Waals surface area contributed by atoms with Gasteiger partial charge in [0.2, 0.25) is 0 Å². The Morgan fingerprint density at radius 1 is 1.32 bits per heavy atom. The van der Waals surface area contributed by atoms with E-state index in [2.05, 4.69) is 15.6 Å². The van der Waals surface area contributed by atoms with Crippen molar-refractivity contribution in [3.8, 4) is 0 Å². The fourth-order valence-electron chi connectivity index (χ4n) is 1.31. The molecule has 0 unspecified atom stereocenters. The maximum Gasteiger partial charge on any atom is 0.338 e. The van der Waals surface area contributed by atoms with Crippen molar-refractivity contribution < 1.29 is 19.1 Å². The molecule has 0 aliphatic carbocycles. The lowest BCUT2D eigenvalue weighted by Crippen LogP contribution is -2.19. The largest absolute Gasteiger partial charge is 0.478 e. The van der Waals surface area contributed by atoms with Crippen LogP contribution in [0.25, 0.3) is 0 Å². The summed E-state index contributed by atoms with van der Waals surface area (Å²) in [6.45, 7) is 0. The van der Waals surface area contributed by atoms with E-state index in [4.69, 9.17) is 5.11 Å². The summed E-state index contributed by atoms with van der Waals surface area (Å²) >= 11 is 1.24. The van der Waals surface area contributed by atoms with Crippen molar-refractivity contribution in [2.75, 3.05) is 10.6 Å². The highest BCUT2D eigenvalue weighted by Crippen LogP contribution is 2.16. The van der Waals surface area contributed by atoms with Crippen LogP contribution in [0, 0.1) is 5.82 Å². The average molecular weight is 281 g/mol. The summed E-state index contributed by atoms with van der Waals surface area (Å²) in [5.74, 6) is -2.28. The van der Waals surface area contributed by atoms with Crippen LogP contribution in [0.2, 0.25) is 0 Å². The summed E-state index contributed by atoms with van der Waals surface area (Å²) in [5.41, 5.74) is -0.303. The van der Waals surface area contributed by atoms with Crippen LogP contribution < -0.4 is 10.6 Å². The minimum atomic E-state index is -1.36. The Morgan fingerprint density at radius 2 is 2.11 bits per heavy atom. The molecule has 0 atom stereocenters. The van der Waals surface area contributed by atoms with Gasteiger partial charge in [-0.3, -0.25) is 5.32 Å². The second-order valence-corrected chi connectivity index (χ2v) is 4.31. The van der Waals surface area contributed by atoms with Gasteiger partial charge < -0.3 is 10.4 Å². The van der Waals surface area contributed by atoms with E-state index < -0.39 is 23.4 Å². The van der Waals surface area contributed by atoms with Gasteiger partial charge in [0, 0.05) is 17.3 Å². The molecule has 0 saturated carbocycles. The number of thiazole rings is 1. The molecule has 0 aliphatic heterocycles. The molecule has 0 saturated heterocycles. The number of carboxylic acid groups (broad SMARTS) is 1. The zero-order chi connectivity index (χ0) is 13.8. The van der Waals surface area contributed by atoms with Gasteiger partial charge in [-0.2, -0.15) is 0 Å². The van der Waals surface area contributed by atoms with Gasteiger partial charge in [-0.1, -0.05) is 0 Å². The maximum absolute atomic E-state index is 13.4. The standard InChI is InChI=1S/C11H8FN3O3S/c12-8-5-6(1-2-7(8)9(16)17)14-10(18)15-11-13-3-4-19-11/h1-5H,(H,16,17)(H2,13,14,15,18). The normalized spacial score (nSPS) is 9.95. The average Bonchev–Trinajstić information content (AvgIpc) is 2.81. The second kappa shape index (κ2) is 5.44. The molecule has 0 radical (unpaired) electrons. The lowest BCUT2D eigenvalue weighted by molar-refractivity contribution is 0.0692. The molecule has 8 heteroatoms. The second-order valence-electron chi connectivity index (χ2n) is 3.42. The topological polar surface area (TPSA) is 91.3 Å². The number of urea groups is 1. The highest BCUT2D eigenvalue weighted by Gasteiger charge is 2.11. The van der Waals surface area contributed by atoms with Crippen LogP contribution >= 0.6 is 11.3 Å². The molecule has 6 nitrogen and oxygen atoms in total. The maximum atomic E-state index is 13.4. The summed E-state index contributed by atoms with van der Waals surface area (Å²) < 4.78 is 13.4. The van der Waals surface area contributed by atoms with Crippen LogP contribution in [0.15, 0.2) is 29.8 Å². The number of hydrogen-bond donors (Lipinski definition) is 3. The monoisotopic (exact) mass is 281 g/mol. The zero-order valence-corrected chi connectivity index (χ0v) is 10.2. The number of amides is 2. The number of hydrogen-bond acceptors (Lipinski definition) is 4. The molecule has 1 heterocycles. The third-order valence-electron chi connectivity index (χ3n) is 2.11. The van der Waals surface area contributed by atoms with Crippen LogP contribution in [0.1, 0.15) is 10.4 Å². The van der Waals surface area contributed by atoms with E-state index in [0.29, 0.717) is 5.13 Å². The van der Waals surface area contributed by atoms with E-state index in [1.165, 1.54) is 23.6 Å². The summed E-state index contributed by atoms with van der Waals surface area (Å²) in [5, 5.41) is 15.6. The number of halogens is 1. The number of carboxylic acids is 1. The van der Waals surface area contributed by atoms with Crippen LogP contribution in [-0.2, 0) is 0 Å². The van der Waals surface area contributed by atoms with E-state index in [1.54, 1.807) is 5.38 Å². The van der Waals surface area contributed by atoms with E-state index in [1.807, 2.05) is 0 Å². The predicted molar refractivity (Wildman–Crippen MR) is 68.1 cm³/mol. The Bertz CT molecular complexity index is 616. The Hall–Kier alpha value is -2.48. The molecule has 0 bridgehead atoms. The number of nitrogens with zero attached hydrogens (tertiary/aromatic N) is 1. The van der Waals surface area contributed by atoms with Crippen molar-refractivity contribution in [2.45, 2.75) is 0 Å². The van der Waals surface area contributed by atoms with Crippen LogP contribution in [-0.4, -0.2) is 22.1 Å². The first-order valence-electron chi connectivity index (χ1n) is 5.06.